The Balaban J connectivity index is 1.14. The van der Waals surface area contributed by atoms with E-state index in [2.05, 4.69) is 143 Å². The van der Waals surface area contributed by atoms with E-state index in [9.17, 15) is 10.5 Å². The van der Waals surface area contributed by atoms with E-state index in [0.29, 0.717) is 11.1 Å². The minimum absolute atomic E-state index is 0.544. The lowest BCUT2D eigenvalue weighted by molar-refractivity contribution is 0.672. The summed E-state index contributed by atoms with van der Waals surface area (Å²) in [5.41, 5.74) is 14.3. The molecule has 0 bridgehead atoms. The Morgan fingerprint density at radius 3 is 1.31 bits per heavy atom. The third-order valence-corrected chi connectivity index (χ3v) is 12.5. The van der Waals surface area contributed by atoms with Crippen molar-refractivity contribution in [3.8, 4) is 45.8 Å². The molecule has 6 nitrogen and oxygen atoms in total. The Labute approximate surface area is 353 Å². The molecular weight excluding hydrogens is 761 g/mol. The Morgan fingerprint density at radius 1 is 0.339 bits per heavy atom. The molecule has 0 saturated heterocycles. The van der Waals surface area contributed by atoms with Gasteiger partial charge in [0, 0.05) is 43.7 Å². The van der Waals surface area contributed by atoms with Gasteiger partial charge < -0.3 is 18.0 Å². The van der Waals surface area contributed by atoms with Gasteiger partial charge in [0.15, 0.2) is 0 Å². The van der Waals surface area contributed by atoms with Crippen molar-refractivity contribution in [3.63, 3.8) is 0 Å². The first-order valence-electron chi connectivity index (χ1n) is 20.5. The average Bonchev–Trinajstić information content (AvgIpc) is 4.09. The Hall–Kier alpha value is -8.84. The number of hydrogen-bond donors (Lipinski definition) is 0. The Morgan fingerprint density at radius 2 is 0.790 bits per heavy atom. The van der Waals surface area contributed by atoms with E-state index >= 15 is 0 Å². The monoisotopic (exact) mass is 790 g/mol. The van der Waals surface area contributed by atoms with Crippen LogP contribution in [0.1, 0.15) is 11.1 Å². The zero-order chi connectivity index (χ0) is 41.1. The van der Waals surface area contributed by atoms with Gasteiger partial charge in [-0.15, -0.1) is 0 Å². The molecule has 9 aromatic carbocycles. The van der Waals surface area contributed by atoms with Crippen LogP contribution >= 0.6 is 0 Å². The number of hydrogen-bond acceptors (Lipinski definition) is 4. The van der Waals surface area contributed by atoms with E-state index < -0.39 is 0 Å². The molecule has 0 aliphatic rings. The van der Waals surface area contributed by atoms with Crippen LogP contribution in [-0.2, 0) is 0 Å². The molecule has 13 aromatic rings. The van der Waals surface area contributed by atoms with Crippen LogP contribution in [0, 0.1) is 22.7 Å². The van der Waals surface area contributed by atoms with Crippen molar-refractivity contribution in [1.82, 2.24) is 9.13 Å². The lowest BCUT2D eigenvalue weighted by atomic mass is 9.95. The van der Waals surface area contributed by atoms with E-state index in [-0.39, 0.29) is 0 Å². The van der Waals surface area contributed by atoms with E-state index in [1.54, 1.807) is 0 Å². The Bertz CT molecular complexity index is 3920. The highest BCUT2D eigenvalue weighted by atomic mass is 16.3. The van der Waals surface area contributed by atoms with Crippen molar-refractivity contribution in [1.29, 1.82) is 10.5 Å². The molecule has 0 atom stereocenters. The first-order chi connectivity index (χ1) is 30.6. The van der Waals surface area contributed by atoms with Gasteiger partial charge in [-0.25, -0.2) is 0 Å². The van der Waals surface area contributed by atoms with Gasteiger partial charge in [-0.05, 0) is 119 Å². The van der Waals surface area contributed by atoms with Crippen molar-refractivity contribution in [2.24, 2.45) is 0 Å². The first kappa shape index (κ1) is 34.1. The molecular formula is C56H30N4O2. The summed E-state index contributed by atoms with van der Waals surface area (Å²) in [6.07, 6.45) is 0. The molecule has 0 aliphatic carbocycles. The number of fused-ring (bicyclic) bond motifs is 14. The van der Waals surface area contributed by atoms with Gasteiger partial charge in [-0.3, -0.25) is 0 Å². The molecule has 4 aromatic heterocycles. The Kier molecular flexibility index (Phi) is 7.05. The minimum Gasteiger partial charge on any atom is -0.455 e. The fourth-order valence-electron chi connectivity index (χ4n) is 9.81. The molecule has 0 saturated carbocycles. The average molecular weight is 791 g/mol. The van der Waals surface area contributed by atoms with Crippen molar-refractivity contribution in [2.45, 2.75) is 0 Å². The van der Waals surface area contributed by atoms with Crippen LogP contribution in [0.15, 0.2) is 191 Å². The van der Waals surface area contributed by atoms with Crippen LogP contribution in [0.4, 0.5) is 0 Å². The smallest absolute Gasteiger partial charge is 0.145 e. The third-order valence-electron chi connectivity index (χ3n) is 12.5. The highest BCUT2D eigenvalue weighted by molar-refractivity contribution is 6.25. The SMILES string of the molecule is N#Cc1ccc(-c2cc(C#N)cc(-c3cc(-n4c5ccccc5c5c6oc7ccccc7c6ccc54)cc(-n4c5ccccc5c5c6oc7ccccc7c6ccc54)c3)c2)cc1. The number of rotatable bonds is 4. The van der Waals surface area contributed by atoms with Crippen LogP contribution in [0.3, 0.4) is 0 Å². The van der Waals surface area contributed by atoms with Gasteiger partial charge in [0.2, 0.25) is 0 Å². The maximum atomic E-state index is 10.4. The molecule has 13 rings (SSSR count). The predicted molar refractivity (Wildman–Crippen MR) is 250 cm³/mol. The summed E-state index contributed by atoms with van der Waals surface area (Å²) in [6.45, 7) is 0. The second-order valence-corrected chi connectivity index (χ2v) is 15.9. The van der Waals surface area contributed by atoms with Gasteiger partial charge in [-0.1, -0.05) is 84.9 Å². The van der Waals surface area contributed by atoms with E-state index in [4.69, 9.17) is 8.83 Å². The molecule has 0 amide bonds. The molecule has 62 heavy (non-hydrogen) atoms. The number of aromatic nitrogens is 2. The highest BCUT2D eigenvalue weighted by Gasteiger charge is 2.23. The molecule has 0 N–H and O–H groups in total. The number of furan rings is 2. The molecule has 4 heterocycles. The topological polar surface area (TPSA) is 83.7 Å². The molecule has 0 radical (unpaired) electrons. The van der Waals surface area contributed by atoms with E-state index in [1.807, 2.05) is 60.7 Å². The maximum Gasteiger partial charge on any atom is 0.145 e. The van der Waals surface area contributed by atoms with Crippen molar-refractivity contribution in [2.75, 3.05) is 0 Å². The van der Waals surface area contributed by atoms with Crippen molar-refractivity contribution in [3.05, 3.63) is 193 Å². The summed E-state index contributed by atoms with van der Waals surface area (Å²) in [4.78, 5) is 0. The molecule has 0 aliphatic heterocycles. The lowest BCUT2D eigenvalue weighted by Gasteiger charge is -2.16. The predicted octanol–water partition coefficient (Wildman–Crippen LogP) is 14.8. The van der Waals surface area contributed by atoms with Crippen LogP contribution in [0.2, 0.25) is 0 Å². The van der Waals surface area contributed by atoms with E-state index in [1.165, 1.54) is 0 Å². The zero-order valence-electron chi connectivity index (χ0n) is 32.9. The van der Waals surface area contributed by atoms with Gasteiger partial charge >= 0.3 is 0 Å². The molecule has 6 heteroatoms. The number of para-hydroxylation sites is 4. The van der Waals surface area contributed by atoms with Gasteiger partial charge in [-0.2, -0.15) is 10.5 Å². The van der Waals surface area contributed by atoms with Gasteiger partial charge in [0.1, 0.15) is 22.3 Å². The molecule has 0 spiro atoms. The summed E-state index contributed by atoms with van der Waals surface area (Å²) < 4.78 is 18.0. The van der Waals surface area contributed by atoms with Crippen LogP contribution in [0.5, 0.6) is 0 Å². The summed E-state index contributed by atoms with van der Waals surface area (Å²) >= 11 is 0. The highest BCUT2D eigenvalue weighted by Crippen LogP contribution is 2.44. The van der Waals surface area contributed by atoms with Crippen LogP contribution < -0.4 is 0 Å². The quantitative estimate of drug-likeness (QED) is 0.178. The van der Waals surface area contributed by atoms with Gasteiger partial charge in [0.25, 0.3) is 0 Å². The molecule has 0 fully saturated rings. The van der Waals surface area contributed by atoms with Gasteiger partial charge in [0.05, 0.1) is 56.1 Å². The van der Waals surface area contributed by atoms with Crippen LogP contribution in [-0.4, -0.2) is 9.13 Å². The second kappa shape index (κ2) is 12.8. The van der Waals surface area contributed by atoms with Crippen molar-refractivity contribution >= 4 is 87.5 Å². The van der Waals surface area contributed by atoms with E-state index in [0.717, 1.165) is 121 Å². The zero-order valence-corrected chi connectivity index (χ0v) is 32.9. The van der Waals surface area contributed by atoms with Crippen molar-refractivity contribution < 1.29 is 8.83 Å². The molecule has 286 valence electrons. The van der Waals surface area contributed by atoms with Crippen LogP contribution in [0.25, 0.3) is 121 Å². The summed E-state index contributed by atoms with van der Waals surface area (Å²) in [5, 5.41) is 28.6. The number of nitriles is 2. The standard InChI is InChI=1S/C56H30N4O2/c57-31-33-17-19-35(20-18-33)36-25-34(32-58)26-37(27-36)38-28-39(59-47-13-5-1-11-45(47)53-49(59)23-21-43-41-9-3-7-15-51(41)61-55(43)53)30-40(29-38)60-48-14-6-2-12-46(48)54-50(60)24-22-44-42-10-4-8-16-52(42)62-56(44)54/h1-30H. The number of benzene rings is 9. The first-order valence-corrected chi connectivity index (χ1v) is 20.5. The summed E-state index contributed by atoms with van der Waals surface area (Å²) in [7, 11) is 0. The fourth-order valence-corrected chi connectivity index (χ4v) is 9.81. The second-order valence-electron chi connectivity index (χ2n) is 15.9. The molecule has 0 unspecified atom stereocenters. The number of nitrogens with zero attached hydrogens (tertiary/aromatic N) is 4. The summed E-state index contributed by atoms with van der Waals surface area (Å²) in [6, 6.07) is 67.1. The maximum absolute atomic E-state index is 10.4. The largest absolute Gasteiger partial charge is 0.455 e. The summed E-state index contributed by atoms with van der Waals surface area (Å²) in [5.74, 6) is 0. The normalized spacial score (nSPS) is 11.8. The minimum atomic E-state index is 0.544. The third kappa shape index (κ3) is 4.84. The fraction of sp³-hybridized carbons (Fsp3) is 0. The lowest BCUT2D eigenvalue weighted by Crippen LogP contribution is -2.00.